The minimum atomic E-state index is -1.04. The van der Waals surface area contributed by atoms with Crippen LogP contribution in [0.25, 0.3) is 11.2 Å². The molecule has 2 heterocycles. The van der Waals surface area contributed by atoms with Gasteiger partial charge in [-0.3, -0.25) is 13.9 Å². The van der Waals surface area contributed by atoms with E-state index >= 15 is 0 Å². The van der Waals surface area contributed by atoms with Gasteiger partial charge in [-0.25, -0.2) is 13.6 Å². The Labute approximate surface area is 157 Å². The molecule has 0 unspecified atom stereocenters. The van der Waals surface area contributed by atoms with Gasteiger partial charge in [-0.1, -0.05) is 11.2 Å². The molecule has 1 aromatic carbocycles. The van der Waals surface area contributed by atoms with Crippen LogP contribution in [-0.2, 0) is 13.6 Å². The van der Waals surface area contributed by atoms with E-state index in [1.165, 1.54) is 13.1 Å². The van der Waals surface area contributed by atoms with Gasteiger partial charge < -0.3 is 9.64 Å². The molecule has 9 nitrogen and oxygen atoms in total. The molecule has 0 bridgehead atoms. The molecule has 0 amide bonds. The van der Waals surface area contributed by atoms with E-state index in [9.17, 15) is 18.4 Å². The highest BCUT2D eigenvalue weighted by Gasteiger charge is 2.16. The summed E-state index contributed by atoms with van der Waals surface area (Å²) in [6, 6.07) is 3.17. The summed E-state index contributed by atoms with van der Waals surface area (Å²) < 4.78 is 34.0. The van der Waals surface area contributed by atoms with Crippen LogP contribution >= 0.6 is 0 Å². The van der Waals surface area contributed by atoms with Crippen molar-refractivity contribution in [1.29, 1.82) is 0 Å². The second-order valence-electron chi connectivity index (χ2n) is 6.40. The Morgan fingerprint density at radius 1 is 1.14 bits per heavy atom. The van der Waals surface area contributed by atoms with Gasteiger partial charge in [0.15, 0.2) is 22.8 Å². The van der Waals surface area contributed by atoms with E-state index in [4.69, 9.17) is 4.74 Å². The molecule has 11 heteroatoms. The molecule has 0 fully saturated rings. The van der Waals surface area contributed by atoms with Gasteiger partial charge in [0, 0.05) is 13.6 Å². The second kappa shape index (κ2) is 7.80. The van der Waals surface area contributed by atoms with Gasteiger partial charge >= 0.3 is 11.7 Å². The molecule has 0 aliphatic carbocycles. The zero-order valence-electron chi connectivity index (χ0n) is 15.5. The smallest absolute Gasteiger partial charge is 0.336 e. The van der Waals surface area contributed by atoms with Crippen molar-refractivity contribution in [2.24, 2.45) is 7.05 Å². The number of hydrogen-bond acceptors (Lipinski definition) is 7. The monoisotopic (exact) mass is 392 g/mol. The lowest BCUT2D eigenvalue weighted by Crippen LogP contribution is -2.39. The van der Waals surface area contributed by atoms with Crippen LogP contribution in [0.4, 0.5) is 8.78 Å². The van der Waals surface area contributed by atoms with E-state index in [1.807, 2.05) is 19.0 Å². The summed E-state index contributed by atoms with van der Waals surface area (Å²) in [5.41, 5.74) is -1.21. The predicted molar refractivity (Wildman–Crippen MR) is 96.3 cm³/mol. The topological polar surface area (TPSA) is 95.1 Å². The van der Waals surface area contributed by atoms with E-state index < -0.39 is 22.9 Å². The first-order valence-corrected chi connectivity index (χ1v) is 8.33. The van der Waals surface area contributed by atoms with Gasteiger partial charge in [0.25, 0.3) is 5.56 Å². The number of ether oxygens (including phenoxy) is 1. The Balaban J connectivity index is 2.05. The van der Waals surface area contributed by atoms with Crippen LogP contribution in [0.3, 0.4) is 0 Å². The molecule has 0 atom stereocenters. The number of rotatable bonds is 6. The summed E-state index contributed by atoms with van der Waals surface area (Å²) in [7, 11) is 5.03. The molecule has 3 aromatic rings. The fourth-order valence-corrected chi connectivity index (χ4v) is 2.49. The first kappa shape index (κ1) is 19.5. The largest absolute Gasteiger partial charge is 0.461 e. The Bertz CT molecular complexity index is 1140. The lowest BCUT2D eigenvalue weighted by Gasteiger charge is -2.12. The van der Waals surface area contributed by atoms with Crippen LogP contribution in [0.2, 0.25) is 0 Å². The summed E-state index contributed by atoms with van der Waals surface area (Å²) in [4.78, 5) is 30.9. The maximum absolute atomic E-state index is 13.5. The van der Waals surface area contributed by atoms with Crippen molar-refractivity contribution in [1.82, 2.24) is 29.2 Å². The first-order valence-electron chi connectivity index (χ1n) is 8.33. The Kier molecular flexibility index (Phi) is 5.45. The molecule has 148 valence electrons. The molecular formula is C17H18F2N6O3. The van der Waals surface area contributed by atoms with Crippen molar-refractivity contribution in [2.45, 2.75) is 6.54 Å². The fraction of sp³-hybridized carbons (Fsp3) is 0.353. The van der Waals surface area contributed by atoms with Crippen molar-refractivity contribution >= 4 is 11.2 Å². The number of aromatic nitrogens is 5. The minimum absolute atomic E-state index is 0.0715. The number of nitrogens with zero attached hydrogens (tertiary/aromatic N) is 6. The van der Waals surface area contributed by atoms with Crippen LogP contribution in [0, 0.1) is 11.6 Å². The lowest BCUT2D eigenvalue weighted by atomic mass is 10.2. The number of halogens is 2. The normalized spacial score (nSPS) is 11.4. The molecule has 0 aliphatic rings. The number of fused-ring (bicyclic) bond motifs is 1. The summed E-state index contributed by atoms with van der Waals surface area (Å²) in [5, 5.41) is 7.71. The highest BCUT2D eigenvalue weighted by atomic mass is 19.2. The fourth-order valence-electron chi connectivity index (χ4n) is 2.49. The molecule has 2 aromatic heterocycles. The van der Waals surface area contributed by atoms with Gasteiger partial charge in [-0.05, 0) is 31.8 Å². The minimum Gasteiger partial charge on any atom is -0.461 e. The van der Waals surface area contributed by atoms with Gasteiger partial charge in [-0.2, -0.15) is 4.98 Å². The van der Waals surface area contributed by atoms with Gasteiger partial charge in [0.1, 0.15) is 6.61 Å². The molecule has 0 saturated carbocycles. The van der Waals surface area contributed by atoms with E-state index in [-0.39, 0.29) is 30.3 Å². The average Bonchev–Trinajstić information content (AvgIpc) is 2.66. The molecular weight excluding hydrogens is 374 g/mol. The maximum atomic E-state index is 13.5. The third kappa shape index (κ3) is 3.88. The SMILES string of the molecule is CN(C)CCOc1nnc2c(n1)c(=O)n(C)c(=O)n2Cc1ccc(F)c(F)c1. The van der Waals surface area contributed by atoms with Gasteiger partial charge in [0.05, 0.1) is 6.54 Å². The van der Waals surface area contributed by atoms with Crippen LogP contribution in [0.15, 0.2) is 27.8 Å². The Morgan fingerprint density at radius 2 is 1.89 bits per heavy atom. The van der Waals surface area contributed by atoms with Crippen molar-refractivity contribution in [3.05, 3.63) is 56.2 Å². The predicted octanol–water partition coefficient (Wildman–Crippen LogP) is 0.152. The third-order valence-electron chi connectivity index (χ3n) is 4.02. The summed E-state index contributed by atoms with van der Waals surface area (Å²) in [6.45, 7) is 0.752. The molecule has 0 saturated heterocycles. The zero-order valence-corrected chi connectivity index (χ0v) is 15.5. The van der Waals surface area contributed by atoms with Crippen LogP contribution < -0.4 is 16.0 Å². The lowest BCUT2D eigenvalue weighted by molar-refractivity contribution is 0.244. The second-order valence-corrected chi connectivity index (χ2v) is 6.40. The van der Waals surface area contributed by atoms with Crippen LogP contribution in [0.1, 0.15) is 5.56 Å². The molecule has 0 aliphatic heterocycles. The number of benzene rings is 1. The van der Waals surface area contributed by atoms with Crippen LogP contribution in [-0.4, -0.2) is 56.5 Å². The quantitative estimate of drug-likeness (QED) is 0.589. The van der Waals surface area contributed by atoms with E-state index in [0.29, 0.717) is 12.1 Å². The molecule has 0 spiro atoms. The highest BCUT2D eigenvalue weighted by Crippen LogP contribution is 2.12. The number of hydrogen-bond donors (Lipinski definition) is 0. The summed E-state index contributed by atoms with van der Waals surface area (Å²) >= 11 is 0. The third-order valence-corrected chi connectivity index (χ3v) is 4.02. The highest BCUT2D eigenvalue weighted by molar-refractivity contribution is 5.68. The van der Waals surface area contributed by atoms with Crippen molar-refractivity contribution < 1.29 is 13.5 Å². The van der Waals surface area contributed by atoms with Crippen LogP contribution in [0.5, 0.6) is 6.01 Å². The van der Waals surface area contributed by atoms with Crippen molar-refractivity contribution in [3.63, 3.8) is 0 Å². The molecule has 0 N–H and O–H groups in total. The molecule has 28 heavy (non-hydrogen) atoms. The summed E-state index contributed by atoms with van der Waals surface area (Å²) in [6.07, 6.45) is 0. The van der Waals surface area contributed by atoms with Crippen molar-refractivity contribution in [3.8, 4) is 6.01 Å². The molecule has 3 rings (SSSR count). The van der Waals surface area contributed by atoms with Crippen molar-refractivity contribution in [2.75, 3.05) is 27.2 Å². The van der Waals surface area contributed by atoms with Gasteiger partial charge in [0.2, 0.25) is 0 Å². The van der Waals surface area contributed by atoms with E-state index in [0.717, 1.165) is 21.3 Å². The Morgan fingerprint density at radius 3 is 2.57 bits per heavy atom. The Hall–Kier alpha value is -3.21. The standard InChI is InChI=1S/C17H18F2N6O3/c1-23(2)6-7-28-16-20-13-14(21-22-16)25(17(27)24(3)15(13)26)9-10-4-5-11(18)12(19)8-10/h4-5,8H,6-7,9H2,1-3H3. The molecule has 0 radical (unpaired) electrons. The summed E-state index contributed by atoms with van der Waals surface area (Å²) in [5.74, 6) is -2.04. The van der Waals surface area contributed by atoms with E-state index in [1.54, 1.807) is 0 Å². The average molecular weight is 392 g/mol. The van der Waals surface area contributed by atoms with E-state index in [2.05, 4.69) is 15.2 Å². The maximum Gasteiger partial charge on any atom is 0.336 e. The first-order chi connectivity index (χ1) is 13.3. The zero-order chi connectivity index (χ0) is 20.4. The number of likely N-dealkylation sites (N-methyl/N-ethyl adjacent to an activating group) is 1. The van der Waals surface area contributed by atoms with Gasteiger partial charge in [-0.15, -0.1) is 5.10 Å².